The molecule has 12 heavy (non-hydrogen) atoms. The van der Waals surface area contributed by atoms with Gasteiger partial charge in [0.1, 0.15) is 5.82 Å². The summed E-state index contributed by atoms with van der Waals surface area (Å²) in [5, 5.41) is 3.05. The monoisotopic (exact) mass is 244 g/mol. The van der Waals surface area contributed by atoms with Gasteiger partial charge in [-0.2, -0.15) is 0 Å². The molecule has 1 aromatic heterocycles. The van der Waals surface area contributed by atoms with Crippen molar-refractivity contribution in [3.63, 3.8) is 0 Å². The molecule has 2 aromatic rings. The van der Waals surface area contributed by atoms with Gasteiger partial charge < -0.3 is 0 Å². The van der Waals surface area contributed by atoms with Crippen molar-refractivity contribution in [3.05, 3.63) is 33.4 Å². The molecule has 0 fully saturated rings. The Labute approximate surface area is 82.2 Å². The fourth-order valence-electron chi connectivity index (χ4n) is 1.15. The highest BCUT2D eigenvalue weighted by Gasteiger charge is 2.04. The third-order valence-electron chi connectivity index (χ3n) is 1.81. The number of benzene rings is 1. The molecular formula is C9H6BrFS. The first-order chi connectivity index (χ1) is 5.68. The van der Waals surface area contributed by atoms with Crippen LogP contribution in [0.2, 0.25) is 0 Å². The molecule has 0 aliphatic rings. The molecule has 1 heterocycles. The summed E-state index contributed by atoms with van der Waals surface area (Å²) in [5.74, 6) is -0.191. The minimum atomic E-state index is -0.191. The molecule has 0 nitrogen and oxygen atoms in total. The Morgan fingerprint density at radius 2 is 2.17 bits per heavy atom. The largest absolute Gasteiger partial charge is 0.206 e. The normalized spacial score (nSPS) is 10.9. The van der Waals surface area contributed by atoms with E-state index in [9.17, 15) is 4.39 Å². The molecule has 0 bridgehead atoms. The SMILES string of the molecule is Cc1csc2cc(Br)c(F)cc12. The Morgan fingerprint density at radius 3 is 2.92 bits per heavy atom. The van der Waals surface area contributed by atoms with Crippen LogP contribution in [0.25, 0.3) is 10.1 Å². The highest BCUT2D eigenvalue weighted by Crippen LogP contribution is 2.29. The van der Waals surface area contributed by atoms with Crippen molar-refractivity contribution in [3.8, 4) is 0 Å². The summed E-state index contributed by atoms with van der Waals surface area (Å²) in [6.45, 7) is 1.99. The third kappa shape index (κ3) is 1.17. The van der Waals surface area contributed by atoms with Gasteiger partial charge in [-0.15, -0.1) is 11.3 Å². The molecule has 0 saturated heterocycles. The molecule has 1 aromatic carbocycles. The molecule has 0 aliphatic heterocycles. The molecule has 62 valence electrons. The topological polar surface area (TPSA) is 0 Å². The van der Waals surface area contributed by atoms with E-state index in [1.807, 2.05) is 18.4 Å². The number of halogens is 2. The molecular weight excluding hydrogens is 239 g/mol. The van der Waals surface area contributed by atoms with E-state index in [-0.39, 0.29) is 5.82 Å². The van der Waals surface area contributed by atoms with E-state index in [1.54, 1.807) is 17.4 Å². The van der Waals surface area contributed by atoms with Crippen molar-refractivity contribution in [1.82, 2.24) is 0 Å². The van der Waals surface area contributed by atoms with Crippen LogP contribution in [0.4, 0.5) is 4.39 Å². The van der Waals surface area contributed by atoms with Gasteiger partial charge in [-0.05, 0) is 51.3 Å². The van der Waals surface area contributed by atoms with E-state index in [1.165, 1.54) is 0 Å². The Balaban J connectivity index is 2.87. The molecule has 0 atom stereocenters. The Kier molecular flexibility index (Phi) is 1.93. The summed E-state index contributed by atoms with van der Waals surface area (Å²) in [7, 11) is 0. The second-order valence-corrected chi connectivity index (χ2v) is 4.45. The lowest BCUT2D eigenvalue weighted by Gasteiger charge is -1.95. The summed E-state index contributed by atoms with van der Waals surface area (Å²) >= 11 is 4.80. The van der Waals surface area contributed by atoms with Crippen molar-refractivity contribution in [2.75, 3.05) is 0 Å². The van der Waals surface area contributed by atoms with Gasteiger partial charge in [0.25, 0.3) is 0 Å². The van der Waals surface area contributed by atoms with Crippen LogP contribution in [0.1, 0.15) is 5.56 Å². The fraction of sp³-hybridized carbons (Fsp3) is 0.111. The predicted molar refractivity (Wildman–Crippen MR) is 54.2 cm³/mol. The number of rotatable bonds is 0. The van der Waals surface area contributed by atoms with Gasteiger partial charge in [0.2, 0.25) is 0 Å². The van der Waals surface area contributed by atoms with Crippen LogP contribution < -0.4 is 0 Å². The van der Waals surface area contributed by atoms with E-state index in [2.05, 4.69) is 15.9 Å². The lowest BCUT2D eigenvalue weighted by Crippen LogP contribution is -1.76. The second-order valence-electron chi connectivity index (χ2n) is 2.68. The number of hydrogen-bond acceptors (Lipinski definition) is 1. The van der Waals surface area contributed by atoms with E-state index in [4.69, 9.17) is 0 Å². The van der Waals surface area contributed by atoms with E-state index in [0.29, 0.717) is 4.47 Å². The van der Waals surface area contributed by atoms with Crippen LogP contribution in [0, 0.1) is 12.7 Å². The first-order valence-electron chi connectivity index (χ1n) is 3.51. The minimum Gasteiger partial charge on any atom is -0.206 e. The third-order valence-corrected chi connectivity index (χ3v) is 3.48. The van der Waals surface area contributed by atoms with Crippen LogP contribution in [0.3, 0.4) is 0 Å². The molecule has 0 radical (unpaired) electrons. The van der Waals surface area contributed by atoms with Crippen molar-refractivity contribution >= 4 is 37.4 Å². The summed E-state index contributed by atoms with van der Waals surface area (Å²) in [6.07, 6.45) is 0. The second kappa shape index (κ2) is 2.82. The Bertz CT molecular complexity index is 433. The predicted octanol–water partition coefficient (Wildman–Crippen LogP) is 4.11. The van der Waals surface area contributed by atoms with Gasteiger partial charge in [-0.3, -0.25) is 0 Å². The van der Waals surface area contributed by atoms with E-state index in [0.717, 1.165) is 15.6 Å². The summed E-state index contributed by atoms with van der Waals surface area (Å²) < 4.78 is 14.7. The highest BCUT2D eigenvalue weighted by atomic mass is 79.9. The zero-order valence-electron chi connectivity index (χ0n) is 6.40. The highest BCUT2D eigenvalue weighted by molar-refractivity contribution is 9.10. The van der Waals surface area contributed by atoms with Crippen LogP contribution in [-0.2, 0) is 0 Å². The number of hydrogen-bond donors (Lipinski definition) is 0. The van der Waals surface area contributed by atoms with E-state index < -0.39 is 0 Å². The first-order valence-corrected chi connectivity index (χ1v) is 5.18. The number of thiophene rings is 1. The molecule has 0 unspecified atom stereocenters. The number of aryl methyl sites for hydroxylation is 1. The van der Waals surface area contributed by atoms with Gasteiger partial charge in [0, 0.05) is 4.70 Å². The Hall–Kier alpha value is -0.410. The lowest BCUT2D eigenvalue weighted by atomic mass is 10.2. The van der Waals surface area contributed by atoms with Gasteiger partial charge >= 0.3 is 0 Å². The van der Waals surface area contributed by atoms with Crippen LogP contribution >= 0.6 is 27.3 Å². The maximum absolute atomic E-state index is 13.1. The summed E-state index contributed by atoms with van der Waals surface area (Å²) in [5.41, 5.74) is 1.14. The summed E-state index contributed by atoms with van der Waals surface area (Å²) in [6, 6.07) is 3.40. The van der Waals surface area contributed by atoms with Gasteiger partial charge in [-0.1, -0.05) is 0 Å². The van der Waals surface area contributed by atoms with Gasteiger partial charge in [0.05, 0.1) is 4.47 Å². The molecule has 2 rings (SSSR count). The number of fused-ring (bicyclic) bond motifs is 1. The van der Waals surface area contributed by atoms with E-state index >= 15 is 0 Å². The zero-order chi connectivity index (χ0) is 8.72. The smallest absolute Gasteiger partial charge is 0.138 e. The zero-order valence-corrected chi connectivity index (χ0v) is 8.80. The molecule has 0 N–H and O–H groups in total. The molecule has 0 amide bonds. The van der Waals surface area contributed by atoms with Crippen LogP contribution in [0.5, 0.6) is 0 Å². The van der Waals surface area contributed by atoms with Gasteiger partial charge in [0.15, 0.2) is 0 Å². The van der Waals surface area contributed by atoms with Crippen molar-refractivity contribution in [1.29, 1.82) is 0 Å². The maximum atomic E-state index is 13.1. The van der Waals surface area contributed by atoms with Gasteiger partial charge in [-0.25, -0.2) is 4.39 Å². The minimum absolute atomic E-state index is 0.191. The lowest BCUT2D eigenvalue weighted by molar-refractivity contribution is 0.623. The van der Waals surface area contributed by atoms with Crippen LogP contribution in [-0.4, -0.2) is 0 Å². The van der Waals surface area contributed by atoms with Crippen molar-refractivity contribution < 1.29 is 4.39 Å². The maximum Gasteiger partial charge on any atom is 0.138 e. The standard InChI is InChI=1S/C9H6BrFS/c1-5-4-12-9-3-7(10)8(11)2-6(5)9/h2-4H,1H3. The molecule has 0 saturated carbocycles. The average molecular weight is 245 g/mol. The molecule has 0 spiro atoms. The van der Waals surface area contributed by atoms with Crippen LogP contribution in [0.15, 0.2) is 22.0 Å². The molecule has 3 heteroatoms. The fourth-order valence-corrected chi connectivity index (χ4v) is 2.61. The van der Waals surface area contributed by atoms with Crippen molar-refractivity contribution in [2.45, 2.75) is 6.92 Å². The summed E-state index contributed by atoms with van der Waals surface area (Å²) in [4.78, 5) is 0. The molecule has 0 aliphatic carbocycles. The first kappa shape index (κ1) is 8.20. The van der Waals surface area contributed by atoms with Crippen molar-refractivity contribution in [2.24, 2.45) is 0 Å². The average Bonchev–Trinajstić information content (AvgIpc) is 2.35. The quantitative estimate of drug-likeness (QED) is 0.655. The Morgan fingerprint density at radius 1 is 1.42 bits per heavy atom.